The van der Waals surface area contributed by atoms with Gasteiger partial charge in [-0.15, -0.1) is 0 Å². The van der Waals surface area contributed by atoms with Gasteiger partial charge in [-0.25, -0.2) is 0 Å². The summed E-state index contributed by atoms with van der Waals surface area (Å²) >= 11 is 0. The molecule has 0 bridgehead atoms. The summed E-state index contributed by atoms with van der Waals surface area (Å²) in [5, 5.41) is 2.89. The summed E-state index contributed by atoms with van der Waals surface area (Å²) in [6.45, 7) is 5.97. The summed E-state index contributed by atoms with van der Waals surface area (Å²) in [4.78, 5) is 12.3. The third kappa shape index (κ3) is 10.1. The van der Waals surface area contributed by atoms with Crippen LogP contribution in [0.3, 0.4) is 0 Å². The lowest BCUT2D eigenvalue weighted by Crippen LogP contribution is -2.32. The van der Waals surface area contributed by atoms with E-state index in [1.165, 1.54) is 38.5 Å². The molecule has 0 aromatic rings. The van der Waals surface area contributed by atoms with Gasteiger partial charge in [0.25, 0.3) is 0 Å². The minimum absolute atomic E-state index is 0.385. The van der Waals surface area contributed by atoms with E-state index >= 15 is 0 Å². The first kappa shape index (κ1) is 15.5. The highest BCUT2D eigenvalue weighted by atomic mass is 16.3. The number of unbranched alkanes of at least 4 members (excludes halogenated alkanes) is 5. The quantitative estimate of drug-likeness (QED) is 0.413. The fourth-order valence-electron chi connectivity index (χ4n) is 1.82. The Balaban J connectivity index is 3.39. The molecule has 0 spiro atoms. The SMILES string of the molecule is CCCCCCCCN(CCN)CCN=O. The van der Waals surface area contributed by atoms with Crippen molar-refractivity contribution in [2.45, 2.75) is 45.4 Å². The highest BCUT2D eigenvalue weighted by molar-refractivity contribution is 4.60. The average Bonchev–Trinajstić information content (AvgIpc) is 2.30. The molecule has 0 aliphatic carbocycles. The van der Waals surface area contributed by atoms with E-state index in [1.807, 2.05) is 0 Å². The Morgan fingerprint density at radius 1 is 1.00 bits per heavy atom. The summed E-state index contributed by atoms with van der Waals surface area (Å²) < 4.78 is 0. The molecule has 0 aromatic heterocycles. The number of hydrogen-bond acceptors (Lipinski definition) is 4. The topological polar surface area (TPSA) is 58.7 Å². The van der Waals surface area contributed by atoms with Crippen molar-refractivity contribution in [1.82, 2.24) is 4.90 Å². The lowest BCUT2D eigenvalue weighted by Gasteiger charge is -2.19. The predicted molar refractivity (Wildman–Crippen MR) is 69.5 cm³/mol. The highest BCUT2D eigenvalue weighted by Crippen LogP contribution is 2.05. The smallest absolute Gasteiger partial charge is 0.0938 e. The van der Waals surface area contributed by atoms with E-state index in [1.54, 1.807) is 0 Å². The lowest BCUT2D eigenvalue weighted by atomic mass is 10.1. The van der Waals surface area contributed by atoms with Crippen molar-refractivity contribution < 1.29 is 0 Å². The van der Waals surface area contributed by atoms with Crippen molar-refractivity contribution >= 4 is 0 Å². The molecule has 0 amide bonds. The summed E-state index contributed by atoms with van der Waals surface area (Å²) in [5.74, 6) is 0. The lowest BCUT2D eigenvalue weighted by molar-refractivity contribution is 0.281. The maximum atomic E-state index is 10.1. The average molecular weight is 229 g/mol. The van der Waals surface area contributed by atoms with Gasteiger partial charge in [-0.1, -0.05) is 44.2 Å². The van der Waals surface area contributed by atoms with Crippen molar-refractivity contribution in [1.29, 1.82) is 0 Å². The minimum Gasteiger partial charge on any atom is -0.329 e. The Labute approximate surface area is 99.5 Å². The molecule has 2 N–H and O–H groups in total. The molecule has 0 saturated carbocycles. The molecule has 0 fully saturated rings. The van der Waals surface area contributed by atoms with Crippen molar-refractivity contribution in [2.75, 3.05) is 32.7 Å². The summed E-state index contributed by atoms with van der Waals surface area (Å²) in [6, 6.07) is 0. The first-order valence-electron chi connectivity index (χ1n) is 6.56. The number of hydrogen-bond donors (Lipinski definition) is 1. The van der Waals surface area contributed by atoms with Gasteiger partial charge in [0.2, 0.25) is 0 Å². The van der Waals surface area contributed by atoms with E-state index in [-0.39, 0.29) is 0 Å². The third-order valence-corrected chi connectivity index (χ3v) is 2.78. The summed E-state index contributed by atoms with van der Waals surface area (Å²) in [5.41, 5.74) is 5.52. The van der Waals surface area contributed by atoms with Gasteiger partial charge in [0, 0.05) is 19.6 Å². The summed E-state index contributed by atoms with van der Waals surface area (Å²) in [7, 11) is 0. The molecule has 0 unspecified atom stereocenters. The van der Waals surface area contributed by atoms with Gasteiger partial charge in [-0.05, 0) is 13.0 Å². The number of nitrogens with zero attached hydrogens (tertiary/aromatic N) is 2. The number of rotatable bonds is 12. The monoisotopic (exact) mass is 229 g/mol. The molecule has 0 aliphatic heterocycles. The van der Waals surface area contributed by atoms with Crippen LogP contribution in [0.2, 0.25) is 0 Å². The second-order valence-electron chi connectivity index (χ2n) is 4.25. The predicted octanol–water partition coefficient (Wildman–Crippen LogP) is 2.37. The Morgan fingerprint density at radius 3 is 2.31 bits per heavy atom. The summed E-state index contributed by atoms with van der Waals surface area (Å²) in [6.07, 6.45) is 7.82. The number of nitroso groups, excluding NO2 is 1. The largest absolute Gasteiger partial charge is 0.329 e. The molecular weight excluding hydrogens is 202 g/mol. The first-order chi connectivity index (χ1) is 7.85. The van der Waals surface area contributed by atoms with Gasteiger partial charge < -0.3 is 10.6 Å². The maximum absolute atomic E-state index is 10.1. The zero-order valence-corrected chi connectivity index (χ0v) is 10.7. The Bertz CT molecular complexity index is 153. The first-order valence-corrected chi connectivity index (χ1v) is 6.56. The molecule has 0 rings (SSSR count). The molecule has 16 heavy (non-hydrogen) atoms. The molecular formula is C12H27N3O. The van der Waals surface area contributed by atoms with Crippen LogP contribution in [0.1, 0.15) is 45.4 Å². The normalized spacial score (nSPS) is 10.9. The van der Waals surface area contributed by atoms with Crippen molar-refractivity contribution in [3.63, 3.8) is 0 Å². The zero-order valence-electron chi connectivity index (χ0n) is 10.7. The maximum Gasteiger partial charge on any atom is 0.0938 e. The molecule has 4 heteroatoms. The molecule has 0 aliphatic rings. The molecule has 4 nitrogen and oxygen atoms in total. The van der Waals surface area contributed by atoms with Gasteiger partial charge >= 0.3 is 0 Å². The van der Waals surface area contributed by atoms with Crippen LogP contribution in [0.25, 0.3) is 0 Å². The van der Waals surface area contributed by atoms with E-state index in [9.17, 15) is 4.91 Å². The Morgan fingerprint density at radius 2 is 1.69 bits per heavy atom. The molecule has 0 aromatic carbocycles. The molecule has 0 atom stereocenters. The minimum atomic E-state index is 0.385. The van der Waals surface area contributed by atoms with Crippen LogP contribution in [-0.2, 0) is 0 Å². The van der Waals surface area contributed by atoms with Crippen LogP contribution < -0.4 is 5.73 Å². The number of nitrogens with two attached hydrogens (primary N) is 1. The Kier molecular flexibility index (Phi) is 12.2. The van der Waals surface area contributed by atoms with Crippen LogP contribution >= 0.6 is 0 Å². The van der Waals surface area contributed by atoms with E-state index in [2.05, 4.69) is 17.0 Å². The van der Waals surface area contributed by atoms with Gasteiger partial charge in [-0.2, -0.15) is 4.91 Å². The van der Waals surface area contributed by atoms with E-state index < -0.39 is 0 Å². The Hall–Kier alpha value is -0.480. The van der Waals surface area contributed by atoms with E-state index in [4.69, 9.17) is 5.73 Å². The van der Waals surface area contributed by atoms with Crippen molar-refractivity contribution in [3.8, 4) is 0 Å². The fourth-order valence-corrected chi connectivity index (χ4v) is 1.82. The second kappa shape index (κ2) is 12.6. The molecule has 0 radical (unpaired) electrons. The zero-order chi connectivity index (χ0) is 12.1. The highest BCUT2D eigenvalue weighted by Gasteiger charge is 2.02. The standard InChI is InChI=1S/C12H27N3O/c1-2-3-4-5-6-7-10-15(11-8-13)12-9-14-16/h2-13H2,1H3. The van der Waals surface area contributed by atoms with Crippen LogP contribution in [0.4, 0.5) is 0 Å². The van der Waals surface area contributed by atoms with E-state index in [0.717, 1.165) is 19.6 Å². The fraction of sp³-hybridized carbons (Fsp3) is 1.00. The van der Waals surface area contributed by atoms with E-state index in [0.29, 0.717) is 13.1 Å². The van der Waals surface area contributed by atoms with Crippen LogP contribution in [0, 0.1) is 4.91 Å². The van der Waals surface area contributed by atoms with Gasteiger partial charge in [0.15, 0.2) is 0 Å². The van der Waals surface area contributed by atoms with Crippen LogP contribution in [0.5, 0.6) is 0 Å². The van der Waals surface area contributed by atoms with Crippen LogP contribution in [0.15, 0.2) is 5.18 Å². The van der Waals surface area contributed by atoms with Crippen molar-refractivity contribution in [2.24, 2.45) is 10.9 Å². The molecule has 96 valence electrons. The van der Waals surface area contributed by atoms with Gasteiger partial charge in [0.05, 0.1) is 6.54 Å². The van der Waals surface area contributed by atoms with Gasteiger partial charge in [-0.3, -0.25) is 0 Å². The van der Waals surface area contributed by atoms with Gasteiger partial charge in [0.1, 0.15) is 0 Å². The molecule has 0 heterocycles. The second-order valence-corrected chi connectivity index (χ2v) is 4.25. The molecule has 0 saturated heterocycles. The third-order valence-electron chi connectivity index (χ3n) is 2.78. The van der Waals surface area contributed by atoms with Crippen molar-refractivity contribution in [3.05, 3.63) is 4.91 Å². The van der Waals surface area contributed by atoms with Crippen LogP contribution in [-0.4, -0.2) is 37.6 Å².